The Kier molecular flexibility index (Phi) is 8.59. The number of benzene rings is 1. The third-order valence-electron chi connectivity index (χ3n) is 5.77. The van der Waals surface area contributed by atoms with Crippen LogP contribution in [-0.4, -0.2) is 20.3 Å². The average Bonchev–Trinajstić information content (AvgIpc) is 2.67. The summed E-state index contributed by atoms with van der Waals surface area (Å²) in [4.78, 5) is 15.7. The fourth-order valence-corrected chi connectivity index (χ4v) is 5.39. The molecule has 159 valence electrons. The number of pyridine rings is 1. The van der Waals surface area contributed by atoms with E-state index in [0.717, 1.165) is 30.0 Å². The van der Waals surface area contributed by atoms with E-state index >= 15 is 0 Å². The molecule has 0 aliphatic carbocycles. The summed E-state index contributed by atoms with van der Waals surface area (Å²) in [7, 11) is -0.913. The van der Waals surface area contributed by atoms with Crippen LogP contribution >= 0.6 is 0 Å². The van der Waals surface area contributed by atoms with Gasteiger partial charge in [-0.25, -0.2) is 4.98 Å². The van der Waals surface area contributed by atoms with Crippen molar-refractivity contribution in [1.29, 1.82) is 0 Å². The van der Waals surface area contributed by atoms with Gasteiger partial charge in [0.1, 0.15) is 5.69 Å². The van der Waals surface area contributed by atoms with Crippen molar-refractivity contribution in [3.8, 4) is 0 Å². The second-order valence-electron chi connectivity index (χ2n) is 9.37. The lowest BCUT2D eigenvalue weighted by molar-refractivity contribution is -0.0505. The van der Waals surface area contributed by atoms with E-state index < -0.39 is 9.04 Å². The van der Waals surface area contributed by atoms with E-state index in [9.17, 15) is 4.79 Å². The Morgan fingerprint density at radius 3 is 2.28 bits per heavy atom. The van der Waals surface area contributed by atoms with Gasteiger partial charge in [0.05, 0.1) is 11.1 Å². The van der Waals surface area contributed by atoms with Crippen molar-refractivity contribution in [2.45, 2.75) is 91.3 Å². The van der Waals surface area contributed by atoms with Crippen LogP contribution in [0.1, 0.15) is 88.7 Å². The second kappa shape index (κ2) is 10.5. The Bertz CT molecular complexity index is 797. The molecule has 29 heavy (non-hydrogen) atoms. The van der Waals surface area contributed by atoms with E-state index in [2.05, 4.69) is 64.0 Å². The maximum Gasteiger partial charge on any atom is 0.206 e. The summed E-state index contributed by atoms with van der Waals surface area (Å²) in [6.07, 6.45) is 9.46. The molecule has 1 atom stereocenters. The number of rotatable bonds is 11. The van der Waals surface area contributed by atoms with Gasteiger partial charge >= 0.3 is 0 Å². The first-order valence-electron chi connectivity index (χ1n) is 11.1. The molecule has 1 aromatic carbocycles. The molecule has 0 saturated carbocycles. The van der Waals surface area contributed by atoms with Crippen LogP contribution in [0.2, 0.25) is 13.1 Å². The Morgan fingerprint density at radius 2 is 1.66 bits per heavy atom. The molecule has 3 nitrogen and oxygen atoms in total. The predicted molar refractivity (Wildman–Crippen MR) is 125 cm³/mol. The van der Waals surface area contributed by atoms with Crippen molar-refractivity contribution in [1.82, 2.24) is 4.98 Å². The van der Waals surface area contributed by atoms with E-state index in [1.165, 1.54) is 37.7 Å². The molecule has 1 heterocycles. The summed E-state index contributed by atoms with van der Waals surface area (Å²) in [6.45, 7) is 13.6. The SMILES string of the molecule is CCCCCCCCC(O[Si](C)C)(c1ccc2ccc(C=O)nc2c1)C(C)(C)C. The van der Waals surface area contributed by atoms with Crippen molar-refractivity contribution in [3.63, 3.8) is 0 Å². The van der Waals surface area contributed by atoms with E-state index in [-0.39, 0.29) is 11.0 Å². The number of aldehydes is 1. The minimum absolute atomic E-state index is 0.0473. The molecule has 0 saturated heterocycles. The van der Waals surface area contributed by atoms with E-state index in [0.29, 0.717) is 5.69 Å². The molecule has 1 radical (unpaired) electrons. The minimum Gasteiger partial charge on any atom is -0.407 e. The Balaban J connectivity index is 2.41. The lowest BCUT2D eigenvalue weighted by Gasteiger charge is -2.47. The number of hydrogen-bond acceptors (Lipinski definition) is 3. The van der Waals surface area contributed by atoms with Crippen LogP contribution in [-0.2, 0) is 10.0 Å². The number of unbranched alkanes of at least 4 members (excludes halogenated alkanes) is 5. The highest BCUT2D eigenvalue weighted by Gasteiger charge is 2.44. The van der Waals surface area contributed by atoms with Gasteiger partial charge < -0.3 is 4.43 Å². The van der Waals surface area contributed by atoms with Crippen LogP contribution in [0.3, 0.4) is 0 Å². The van der Waals surface area contributed by atoms with Gasteiger partial charge in [0.25, 0.3) is 0 Å². The number of hydrogen-bond donors (Lipinski definition) is 0. The van der Waals surface area contributed by atoms with Crippen molar-refractivity contribution in [3.05, 3.63) is 41.6 Å². The number of nitrogens with zero attached hydrogens (tertiary/aromatic N) is 1. The lowest BCUT2D eigenvalue weighted by Crippen LogP contribution is -2.45. The van der Waals surface area contributed by atoms with Crippen molar-refractivity contribution >= 4 is 26.2 Å². The van der Waals surface area contributed by atoms with Gasteiger partial charge in [-0.3, -0.25) is 4.79 Å². The van der Waals surface area contributed by atoms with Crippen LogP contribution in [0.15, 0.2) is 30.3 Å². The first-order valence-corrected chi connectivity index (χ1v) is 13.5. The predicted octanol–water partition coefficient (Wildman–Crippen LogP) is 7.31. The van der Waals surface area contributed by atoms with Crippen molar-refractivity contribution < 1.29 is 9.22 Å². The van der Waals surface area contributed by atoms with Gasteiger partial charge in [0.15, 0.2) is 6.29 Å². The largest absolute Gasteiger partial charge is 0.407 e. The average molecular weight is 413 g/mol. The zero-order valence-corrected chi connectivity index (χ0v) is 20.2. The molecular weight excluding hydrogens is 374 g/mol. The van der Waals surface area contributed by atoms with Crippen molar-refractivity contribution in [2.24, 2.45) is 5.41 Å². The third-order valence-corrected chi connectivity index (χ3v) is 6.53. The molecule has 0 N–H and O–H groups in total. The first kappa shape index (κ1) is 23.8. The Labute approximate surface area is 179 Å². The quantitative estimate of drug-likeness (QED) is 0.221. The Morgan fingerprint density at radius 1 is 1.00 bits per heavy atom. The van der Waals surface area contributed by atoms with Crippen molar-refractivity contribution in [2.75, 3.05) is 0 Å². The molecule has 0 aliphatic heterocycles. The fraction of sp³-hybridized carbons (Fsp3) is 0.600. The molecule has 2 rings (SSSR count). The molecule has 0 aliphatic rings. The minimum atomic E-state index is -0.913. The summed E-state index contributed by atoms with van der Waals surface area (Å²) in [5.41, 5.74) is 2.14. The molecule has 2 aromatic rings. The molecular formula is C25H38NO2Si. The number of carbonyl (C=O) groups excluding carboxylic acids is 1. The summed E-state index contributed by atoms with van der Waals surface area (Å²) in [5.74, 6) is 0. The maximum absolute atomic E-state index is 11.2. The van der Waals surface area contributed by atoms with Crippen LogP contribution in [0.25, 0.3) is 10.9 Å². The monoisotopic (exact) mass is 412 g/mol. The highest BCUT2D eigenvalue weighted by molar-refractivity contribution is 6.48. The highest BCUT2D eigenvalue weighted by Crippen LogP contribution is 2.47. The molecule has 0 amide bonds. The third kappa shape index (κ3) is 5.99. The fourth-order valence-electron chi connectivity index (χ4n) is 4.17. The zero-order chi connectivity index (χ0) is 21.5. The second-order valence-corrected chi connectivity index (χ2v) is 11.4. The highest BCUT2D eigenvalue weighted by atomic mass is 28.3. The maximum atomic E-state index is 11.2. The first-order chi connectivity index (χ1) is 13.7. The molecule has 4 heteroatoms. The molecule has 0 bridgehead atoms. The van der Waals surface area contributed by atoms with Gasteiger partial charge in [-0.1, -0.05) is 84.4 Å². The number of aromatic nitrogens is 1. The van der Waals surface area contributed by atoms with Gasteiger partial charge in [0.2, 0.25) is 9.04 Å². The normalized spacial score (nSPS) is 14.3. The van der Waals surface area contributed by atoms with E-state index in [4.69, 9.17) is 4.43 Å². The lowest BCUT2D eigenvalue weighted by atomic mass is 9.69. The van der Waals surface area contributed by atoms with Crippen LogP contribution in [0.5, 0.6) is 0 Å². The van der Waals surface area contributed by atoms with Crippen LogP contribution < -0.4 is 0 Å². The van der Waals surface area contributed by atoms with Gasteiger partial charge in [-0.15, -0.1) is 0 Å². The summed E-state index contributed by atoms with van der Waals surface area (Å²) in [6, 6.07) is 10.2. The smallest absolute Gasteiger partial charge is 0.206 e. The Hall–Kier alpha value is -1.52. The zero-order valence-electron chi connectivity index (χ0n) is 19.2. The van der Waals surface area contributed by atoms with Gasteiger partial charge in [-0.2, -0.15) is 0 Å². The molecule has 0 fully saturated rings. The van der Waals surface area contributed by atoms with E-state index in [1.807, 2.05) is 6.07 Å². The number of fused-ring (bicyclic) bond motifs is 1. The van der Waals surface area contributed by atoms with Crippen LogP contribution in [0, 0.1) is 5.41 Å². The van der Waals surface area contributed by atoms with Gasteiger partial charge in [0, 0.05) is 5.39 Å². The molecule has 1 aromatic heterocycles. The topological polar surface area (TPSA) is 39.2 Å². The van der Waals surface area contributed by atoms with Crippen LogP contribution in [0.4, 0.5) is 0 Å². The number of carbonyl (C=O) groups is 1. The summed E-state index contributed by atoms with van der Waals surface area (Å²) < 4.78 is 6.83. The molecule has 1 unspecified atom stereocenters. The molecule has 0 spiro atoms. The van der Waals surface area contributed by atoms with Gasteiger partial charge in [-0.05, 0) is 42.6 Å². The summed E-state index contributed by atoms with van der Waals surface area (Å²) in [5, 5.41) is 1.06. The standard InChI is InChI=1S/C25H38NO2Si/c1-7-8-9-10-11-12-17-25(24(2,3)4,28-29(5)6)21-15-13-20-14-16-22(19-27)26-23(20)18-21/h13-16,18-19H,7-12,17H2,1-6H3. The van der Waals surface area contributed by atoms with E-state index in [1.54, 1.807) is 6.07 Å². The summed E-state index contributed by atoms with van der Waals surface area (Å²) >= 11 is 0.